The van der Waals surface area contributed by atoms with E-state index in [1.165, 1.54) is 11.3 Å². The van der Waals surface area contributed by atoms with Crippen molar-refractivity contribution in [2.75, 3.05) is 0 Å². The molecule has 0 spiro atoms. The summed E-state index contributed by atoms with van der Waals surface area (Å²) in [4.78, 5) is 0. The fourth-order valence-electron chi connectivity index (χ4n) is 1.35. The molecule has 4 heteroatoms. The lowest BCUT2D eigenvalue weighted by Gasteiger charge is -2.02. The summed E-state index contributed by atoms with van der Waals surface area (Å²) in [5.41, 5.74) is 1.46. The number of nitrogens with zero attached hydrogens (tertiary/aromatic N) is 1. The van der Waals surface area contributed by atoms with E-state index in [1.807, 2.05) is 11.4 Å². The van der Waals surface area contributed by atoms with Gasteiger partial charge in [0.1, 0.15) is 6.07 Å². The second-order valence-corrected chi connectivity index (χ2v) is 4.37. The molecule has 0 aliphatic rings. The molecule has 1 aromatic heterocycles. The van der Waals surface area contributed by atoms with Gasteiger partial charge in [0.15, 0.2) is 0 Å². The molecule has 0 saturated heterocycles. The Labute approximate surface area is 95.5 Å². The van der Waals surface area contributed by atoms with Gasteiger partial charge in [0.2, 0.25) is 0 Å². The highest BCUT2D eigenvalue weighted by Crippen LogP contribution is 2.34. The van der Waals surface area contributed by atoms with Crippen molar-refractivity contribution in [3.63, 3.8) is 0 Å². The molecule has 0 aliphatic heterocycles. The van der Waals surface area contributed by atoms with Crippen molar-refractivity contribution in [3.05, 3.63) is 33.7 Å². The van der Waals surface area contributed by atoms with Crippen LogP contribution in [0.15, 0.2) is 17.5 Å². The van der Waals surface area contributed by atoms with Crippen LogP contribution in [0.4, 0.5) is 0 Å². The Balaban J connectivity index is 2.89. The number of hydrogen-bond donors (Lipinski definition) is 0. The van der Waals surface area contributed by atoms with Crippen molar-refractivity contribution in [3.8, 4) is 6.07 Å². The average Bonchev–Trinajstić information content (AvgIpc) is 2.68. The first-order valence-electron chi connectivity index (χ1n) is 3.92. The van der Waals surface area contributed by atoms with Gasteiger partial charge >= 0.3 is 0 Å². The van der Waals surface area contributed by atoms with E-state index in [2.05, 4.69) is 6.07 Å². The minimum absolute atomic E-state index is 0.333. The Hall–Kier alpha value is -0.750. The topological polar surface area (TPSA) is 23.8 Å². The minimum Gasteiger partial charge on any atom is -0.192 e. The molecule has 0 atom stereocenters. The van der Waals surface area contributed by atoms with Crippen molar-refractivity contribution in [1.82, 2.24) is 0 Å². The summed E-state index contributed by atoms with van der Waals surface area (Å²) in [5, 5.41) is 12.4. The van der Waals surface area contributed by atoms with Gasteiger partial charge in [-0.2, -0.15) is 5.26 Å². The highest BCUT2D eigenvalue weighted by molar-refractivity contribution is 7.17. The summed E-state index contributed by atoms with van der Waals surface area (Å²) < 4.78 is 0.936. The van der Waals surface area contributed by atoms with Crippen LogP contribution in [0, 0.1) is 11.3 Å². The first-order chi connectivity index (χ1) is 6.77. The highest BCUT2D eigenvalue weighted by Gasteiger charge is 2.10. The Morgan fingerprint density at radius 3 is 2.93 bits per heavy atom. The number of fused-ring (bicyclic) bond motifs is 1. The second-order valence-electron chi connectivity index (χ2n) is 2.81. The van der Waals surface area contributed by atoms with Gasteiger partial charge in [0, 0.05) is 11.3 Å². The van der Waals surface area contributed by atoms with E-state index in [-0.39, 0.29) is 0 Å². The van der Waals surface area contributed by atoms with Gasteiger partial charge < -0.3 is 0 Å². The standard InChI is InChI=1S/C10H5Cl2NS/c11-4-6-3-7(5-13)10-8(9(6)12)1-2-14-10/h1-3H,4H2. The van der Waals surface area contributed by atoms with Crippen LogP contribution in [0.5, 0.6) is 0 Å². The van der Waals surface area contributed by atoms with Crippen molar-refractivity contribution in [2.45, 2.75) is 5.88 Å². The molecule has 0 saturated carbocycles. The maximum atomic E-state index is 8.94. The third kappa shape index (κ3) is 1.38. The number of rotatable bonds is 1. The molecule has 1 nitrogen and oxygen atoms in total. The molecule has 1 aromatic carbocycles. The summed E-state index contributed by atoms with van der Waals surface area (Å²) in [5.74, 6) is 0.333. The fourth-order valence-corrected chi connectivity index (χ4v) is 2.83. The molecule has 0 radical (unpaired) electrons. The van der Waals surface area contributed by atoms with Crippen molar-refractivity contribution >= 4 is 44.6 Å². The molecule has 0 amide bonds. The molecule has 0 aliphatic carbocycles. The van der Waals surface area contributed by atoms with Gasteiger partial charge in [-0.1, -0.05) is 11.6 Å². The van der Waals surface area contributed by atoms with Crippen LogP contribution in [-0.4, -0.2) is 0 Å². The molecule has 0 fully saturated rings. The summed E-state index contributed by atoms with van der Waals surface area (Å²) in [6.45, 7) is 0. The van der Waals surface area contributed by atoms with Gasteiger partial charge in [-0.3, -0.25) is 0 Å². The molecule has 2 rings (SSSR count). The maximum Gasteiger partial charge on any atom is 0.101 e. The number of alkyl halides is 1. The third-order valence-corrected chi connectivity index (χ3v) is 3.69. The number of halogens is 2. The Morgan fingerprint density at radius 2 is 2.29 bits per heavy atom. The zero-order valence-corrected chi connectivity index (χ0v) is 9.38. The van der Waals surface area contributed by atoms with Crippen LogP contribution < -0.4 is 0 Å². The van der Waals surface area contributed by atoms with Crippen LogP contribution in [0.25, 0.3) is 10.1 Å². The molecule has 0 bridgehead atoms. The number of nitriles is 1. The second kappa shape index (κ2) is 3.78. The summed E-state index contributed by atoms with van der Waals surface area (Å²) in [7, 11) is 0. The largest absolute Gasteiger partial charge is 0.192 e. The van der Waals surface area contributed by atoms with Crippen molar-refractivity contribution in [2.24, 2.45) is 0 Å². The van der Waals surface area contributed by atoms with Crippen molar-refractivity contribution < 1.29 is 0 Å². The predicted molar refractivity (Wildman–Crippen MR) is 61.1 cm³/mol. The molecule has 0 unspecified atom stereocenters. The average molecular weight is 242 g/mol. The van der Waals surface area contributed by atoms with Crippen LogP contribution in [0.2, 0.25) is 5.02 Å². The van der Waals surface area contributed by atoms with Gasteiger partial charge in [0.05, 0.1) is 15.3 Å². The summed E-state index contributed by atoms with van der Waals surface area (Å²) >= 11 is 13.4. The van der Waals surface area contributed by atoms with E-state index in [0.717, 1.165) is 15.6 Å². The van der Waals surface area contributed by atoms with Gasteiger partial charge in [0.25, 0.3) is 0 Å². The lowest BCUT2D eigenvalue weighted by molar-refractivity contribution is 1.41. The molecular weight excluding hydrogens is 237 g/mol. The predicted octanol–water partition coefficient (Wildman–Crippen LogP) is 4.17. The molecule has 0 N–H and O–H groups in total. The van der Waals surface area contributed by atoms with Crippen LogP contribution >= 0.6 is 34.5 Å². The quantitative estimate of drug-likeness (QED) is 0.688. The van der Waals surface area contributed by atoms with E-state index in [1.54, 1.807) is 6.07 Å². The fraction of sp³-hybridized carbons (Fsp3) is 0.100. The normalized spacial score (nSPS) is 10.4. The molecule has 1 heterocycles. The Morgan fingerprint density at radius 1 is 1.50 bits per heavy atom. The highest BCUT2D eigenvalue weighted by atomic mass is 35.5. The van der Waals surface area contributed by atoms with Gasteiger partial charge in [-0.15, -0.1) is 22.9 Å². The Kier molecular flexibility index (Phi) is 2.64. The first kappa shape index (κ1) is 9.79. The van der Waals surface area contributed by atoms with E-state index in [0.29, 0.717) is 16.5 Å². The summed E-state index contributed by atoms with van der Waals surface area (Å²) in [6, 6.07) is 5.83. The van der Waals surface area contributed by atoms with E-state index >= 15 is 0 Å². The summed E-state index contributed by atoms with van der Waals surface area (Å²) in [6.07, 6.45) is 0. The Bertz CT molecular complexity index is 525. The smallest absolute Gasteiger partial charge is 0.101 e. The van der Waals surface area contributed by atoms with Crippen LogP contribution in [0.1, 0.15) is 11.1 Å². The lowest BCUT2D eigenvalue weighted by atomic mass is 10.1. The maximum absolute atomic E-state index is 8.94. The van der Waals surface area contributed by atoms with Crippen LogP contribution in [-0.2, 0) is 5.88 Å². The monoisotopic (exact) mass is 241 g/mol. The zero-order chi connectivity index (χ0) is 10.1. The van der Waals surface area contributed by atoms with Gasteiger partial charge in [-0.25, -0.2) is 0 Å². The first-order valence-corrected chi connectivity index (χ1v) is 5.71. The van der Waals surface area contributed by atoms with E-state index in [9.17, 15) is 0 Å². The van der Waals surface area contributed by atoms with Gasteiger partial charge in [-0.05, 0) is 23.1 Å². The van der Waals surface area contributed by atoms with Crippen molar-refractivity contribution in [1.29, 1.82) is 5.26 Å². The molecule has 14 heavy (non-hydrogen) atoms. The van der Waals surface area contributed by atoms with E-state index in [4.69, 9.17) is 28.5 Å². The molecular formula is C10H5Cl2NS. The zero-order valence-electron chi connectivity index (χ0n) is 7.05. The minimum atomic E-state index is 0.333. The number of hydrogen-bond acceptors (Lipinski definition) is 2. The SMILES string of the molecule is N#Cc1cc(CCl)c(Cl)c2ccsc12. The lowest BCUT2D eigenvalue weighted by Crippen LogP contribution is -1.84. The number of thiophene rings is 1. The third-order valence-electron chi connectivity index (χ3n) is 2.01. The molecule has 70 valence electrons. The number of benzene rings is 1. The van der Waals surface area contributed by atoms with E-state index < -0.39 is 0 Å². The molecule has 2 aromatic rings. The van der Waals surface area contributed by atoms with Crippen LogP contribution in [0.3, 0.4) is 0 Å².